The Morgan fingerprint density at radius 3 is 2.07 bits per heavy atom. The van der Waals surface area contributed by atoms with E-state index < -0.39 is 0 Å². The zero-order chi connectivity index (χ0) is 11.7. The smallest absolute Gasteiger partial charge is 0.0705 e. The van der Waals surface area contributed by atoms with Gasteiger partial charge in [0.15, 0.2) is 0 Å². The van der Waals surface area contributed by atoms with Gasteiger partial charge in [-0.3, -0.25) is 0 Å². The molecule has 0 radical (unpaired) electrons. The predicted octanol–water partition coefficient (Wildman–Crippen LogP) is 1.91. The molecular weight excluding hydrogens is 188 g/mol. The lowest BCUT2D eigenvalue weighted by atomic mass is 9.89. The van der Waals surface area contributed by atoms with Crippen LogP contribution in [0.1, 0.15) is 46.5 Å². The minimum absolute atomic E-state index is 0.195. The van der Waals surface area contributed by atoms with E-state index in [9.17, 15) is 0 Å². The average molecular weight is 216 g/mol. The molecule has 0 fully saturated rings. The third kappa shape index (κ3) is 4.96. The summed E-state index contributed by atoms with van der Waals surface area (Å²) in [4.78, 5) is 0. The first kappa shape index (κ1) is 14.9. The van der Waals surface area contributed by atoms with E-state index in [-0.39, 0.29) is 6.10 Å². The normalized spacial score (nSPS) is 14.2. The van der Waals surface area contributed by atoms with Crippen LogP contribution in [0.15, 0.2) is 0 Å². The van der Waals surface area contributed by atoms with Crippen molar-refractivity contribution >= 4 is 0 Å². The standard InChI is InChI=1S/C12H28N2O/c1-5-12(6-2,7-3)14-9-8-11(10-13)15-4/h11,14H,5-10,13H2,1-4H3. The lowest BCUT2D eigenvalue weighted by molar-refractivity contribution is 0.0986. The van der Waals surface area contributed by atoms with E-state index in [0.717, 1.165) is 13.0 Å². The Kier molecular flexibility index (Phi) is 8.02. The van der Waals surface area contributed by atoms with Crippen molar-refractivity contribution in [3.05, 3.63) is 0 Å². The number of ether oxygens (including phenoxy) is 1. The van der Waals surface area contributed by atoms with Crippen LogP contribution in [0.4, 0.5) is 0 Å². The highest BCUT2D eigenvalue weighted by atomic mass is 16.5. The zero-order valence-corrected chi connectivity index (χ0v) is 10.8. The summed E-state index contributed by atoms with van der Waals surface area (Å²) >= 11 is 0. The van der Waals surface area contributed by atoms with E-state index in [1.54, 1.807) is 7.11 Å². The highest BCUT2D eigenvalue weighted by molar-refractivity contribution is 4.83. The zero-order valence-electron chi connectivity index (χ0n) is 10.8. The van der Waals surface area contributed by atoms with Gasteiger partial charge in [0.2, 0.25) is 0 Å². The van der Waals surface area contributed by atoms with Crippen LogP contribution in [0, 0.1) is 0 Å². The highest BCUT2D eigenvalue weighted by Crippen LogP contribution is 2.19. The number of rotatable bonds is 9. The molecule has 1 unspecified atom stereocenters. The minimum atomic E-state index is 0.195. The van der Waals surface area contributed by atoms with E-state index in [1.807, 2.05) is 0 Å². The van der Waals surface area contributed by atoms with Crippen molar-refractivity contribution in [3.8, 4) is 0 Å². The second kappa shape index (κ2) is 8.08. The molecule has 15 heavy (non-hydrogen) atoms. The molecule has 0 aliphatic carbocycles. The van der Waals surface area contributed by atoms with Gasteiger partial charge in [0, 0.05) is 19.2 Å². The van der Waals surface area contributed by atoms with Crippen molar-refractivity contribution in [1.82, 2.24) is 5.32 Å². The van der Waals surface area contributed by atoms with E-state index in [1.165, 1.54) is 19.3 Å². The quantitative estimate of drug-likeness (QED) is 0.619. The number of hydrogen-bond donors (Lipinski definition) is 2. The molecule has 0 aromatic heterocycles. The molecule has 92 valence electrons. The van der Waals surface area contributed by atoms with E-state index in [4.69, 9.17) is 10.5 Å². The van der Waals surface area contributed by atoms with Crippen molar-refractivity contribution in [2.75, 3.05) is 20.2 Å². The molecule has 0 saturated carbocycles. The van der Waals surface area contributed by atoms with Crippen LogP contribution < -0.4 is 11.1 Å². The van der Waals surface area contributed by atoms with Gasteiger partial charge in [-0.2, -0.15) is 0 Å². The Morgan fingerprint density at radius 1 is 1.20 bits per heavy atom. The van der Waals surface area contributed by atoms with Crippen molar-refractivity contribution in [2.45, 2.75) is 58.1 Å². The van der Waals surface area contributed by atoms with Gasteiger partial charge >= 0.3 is 0 Å². The molecule has 3 nitrogen and oxygen atoms in total. The molecule has 3 heteroatoms. The van der Waals surface area contributed by atoms with E-state index in [0.29, 0.717) is 12.1 Å². The fourth-order valence-electron chi connectivity index (χ4n) is 1.96. The highest BCUT2D eigenvalue weighted by Gasteiger charge is 2.22. The van der Waals surface area contributed by atoms with Gasteiger partial charge in [0.25, 0.3) is 0 Å². The molecule has 0 bridgehead atoms. The molecule has 0 aliphatic heterocycles. The fourth-order valence-corrected chi connectivity index (χ4v) is 1.96. The SMILES string of the molecule is CCC(CC)(CC)NCCC(CN)OC. The van der Waals surface area contributed by atoms with Gasteiger partial charge in [-0.15, -0.1) is 0 Å². The summed E-state index contributed by atoms with van der Waals surface area (Å²) in [5.41, 5.74) is 5.89. The topological polar surface area (TPSA) is 47.3 Å². The van der Waals surface area contributed by atoms with Gasteiger partial charge in [0.05, 0.1) is 6.10 Å². The molecule has 0 aromatic carbocycles. The first-order chi connectivity index (χ1) is 7.17. The molecule has 1 atom stereocenters. The van der Waals surface area contributed by atoms with Crippen LogP contribution in [-0.2, 0) is 4.74 Å². The Labute approximate surface area is 94.8 Å². The predicted molar refractivity (Wildman–Crippen MR) is 66.1 cm³/mol. The van der Waals surface area contributed by atoms with Crippen molar-refractivity contribution in [3.63, 3.8) is 0 Å². The largest absolute Gasteiger partial charge is 0.380 e. The monoisotopic (exact) mass is 216 g/mol. The average Bonchev–Trinajstić information content (AvgIpc) is 2.31. The van der Waals surface area contributed by atoms with Crippen molar-refractivity contribution in [2.24, 2.45) is 5.73 Å². The number of hydrogen-bond acceptors (Lipinski definition) is 3. The molecule has 0 heterocycles. The van der Waals surface area contributed by atoms with Crippen LogP contribution in [0.5, 0.6) is 0 Å². The van der Waals surface area contributed by atoms with E-state index >= 15 is 0 Å². The molecular formula is C12H28N2O. The molecule has 0 spiro atoms. The fraction of sp³-hybridized carbons (Fsp3) is 1.00. The lowest BCUT2D eigenvalue weighted by Crippen LogP contribution is -2.45. The summed E-state index contributed by atoms with van der Waals surface area (Å²) in [6.07, 6.45) is 4.73. The minimum Gasteiger partial charge on any atom is -0.380 e. The van der Waals surface area contributed by atoms with E-state index in [2.05, 4.69) is 26.1 Å². The molecule has 0 aliphatic rings. The van der Waals surface area contributed by atoms with Crippen molar-refractivity contribution < 1.29 is 4.74 Å². The summed E-state index contributed by atoms with van der Waals surface area (Å²) in [6.45, 7) is 8.34. The van der Waals surface area contributed by atoms with Crippen LogP contribution in [0.3, 0.4) is 0 Å². The lowest BCUT2D eigenvalue weighted by Gasteiger charge is -2.32. The molecule has 0 rings (SSSR count). The summed E-state index contributed by atoms with van der Waals surface area (Å²) < 4.78 is 5.25. The molecule has 0 amide bonds. The van der Waals surface area contributed by atoms with Crippen LogP contribution in [0.2, 0.25) is 0 Å². The Hall–Kier alpha value is -0.120. The maximum absolute atomic E-state index is 5.58. The maximum atomic E-state index is 5.58. The third-order valence-corrected chi connectivity index (χ3v) is 3.59. The Morgan fingerprint density at radius 2 is 1.73 bits per heavy atom. The first-order valence-corrected chi connectivity index (χ1v) is 6.15. The third-order valence-electron chi connectivity index (χ3n) is 3.59. The van der Waals surface area contributed by atoms with Gasteiger partial charge in [-0.25, -0.2) is 0 Å². The van der Waals surface area contributed by atoms with Gasteiger partial charge in [-0.05, 0) is 32.2 Å². The van der Waals surface area contributed by atoms with Crippen molar-refractivity contribution in [1.29, 1.82) is 0 Å². The van der Waals surface area contributed by atoms with Crippen LogP contribution >= 0.6 is 0 Å². The number of nitrogens with two attached hydrogens (primary N) is 1. The van der Waals surface area contributed by atoms with Gasteiger partial charge in [0.1, 0.15) is 0 Å². The van der Waals surface area contributed by atoms with Gasteiger partial charge in [-0.1, -0.05) is 20.8 Å². The van der Waals surface area contributed by atoms with Crippen LogP contribution in [0.25, 0.3) is 0 Å². The summed E-state index contributed by atoms with van der Waals surface area (Å²) in [6, 6.07) is 0. The summed E-state index contributed by atoms with van der Waals surface area (Å²) in [7, 11) is 1.73. The second-order valence-corrected chi connectivity index (χ2v) is 4.15. The van der Waals surface area contributed by atoms with Gasteiger partial charge < -0.3 is 15.8 Å². The molecule has 3 N–H and O–H groups in total. The molecule has 0 saturated heterocycles. The number of methoxy groups -OCH3 is 1. The Balaban J connectivity index is 3.89. The number of nitrogens with one attached hydrogen (secondary N) is 1. The first-order valence-electron chi connectivity index (χ1n) is 6.15. The maximum Gasteiger partial charge on any atom is 0.0705 e. The summed E-state index contributed by atoms with van der Waals surface area (Å²) in [5.74, 6) is 0. The summed E-state index contributed by atoms with van der Waals surface area (Å²) in [5, 5.41) is 3.65. The molecule has 0 aromatic rings. The Bertz CT molecular complexity index is 134. The van der Waals surface area contributed by atoms with Crippen LogP contribution in [-0.4, -0.2) is 31.8 Å². The second-order valence-electron chi connectivity index (χ2n) is 4.15.